The molecule has 3 saturated heterocycles. The van der Waals surface area contributed by atoms with E-state index in [-0.39, 0.29) is 30.9 Å². The van der Waals surface area contributed by atoms with Gasteiger partial charge in [0.05, 0.1) is 33.9 Å². The van der Waals surface area contributed by atoms with E-state index in [4.69, 9.17) is 11.6 Å². The number of amides is 3. The first-order valence-electron chi connectivity index (χ1n) is 11.8. The molecule has 5 rings (SSSR count). The lowest BCUT2D eigenvalue weighted by molar-refractivity contribution is -0.139. The molecule has 1 spiro atoms. The highest BCUT2D eigenvalue weighted by molar-refractivity contribution is 8.02. The van der Waals surface area contributed by atoms with Crippen LogP contribution in [0.25, 0.3) is 0 Å². The topological polar surface area (TPSA) is 98.7 Å². The van der Waals surface area contributed by atoms with E-state index in [9.17, 15) is 19.5 Å². The van der Waals surface area contributed by atoms with Gasteiger partial charge >= 0.3 is 0 Å². The molecule has 0 saturated carbocycles. The first kappa shape index (κ1) is 24.2. The highest BCUT2D eigenvalue weighted by atomic mass is 35.5. The van der Waals surface area contributed by atoms with Crippen molar-refractivity contribution < 1.29 is 19.5 Å². The van der Waals surface area contributed by atoms with Gasteiger partial charge in [-0.2, -0.15) is 0 Å². The molecule has 184 valence electrons. The molecule has 0 aliphatic carbocycles. The number of carbonyl (C=O) groups is 3. The highest BCUT2D eigenvalue weighted by Crippen LogP contribution is 2.71. The van der Waals surface area contributed by atoms with Crippen LogP contribution < -0.4 is 10.6 Å². The van der Waals surface area contributed by atoms with Gasteiger partial charge in [0, 0.05) is 17.0 Å². The number of halogens is 1. The summed E-state index contributed by atoms with van der Waals surface area (Å²) in [6.07, 6.45) is 1.36. The molecular weight excluding hydrogens is 486 g/mol. The maximum absolute atomic E-state index is 13.8. The molecule has 0 radical (unpaired) electrons. The summed E-state index contributed by atoms with van der Waals surface area (Å²) in [4.78, 5) is 42.6. The molecule has 7 nitrogen and oxygen atoms in total. The normalized spacial score (nSPS) is 30.9. The molecule has 3 fully saturated rings. The van der Waals surface area contributed by atoms with Gasteiger partial charge in [-0.05, 0) is 50.5 Å². The Morgan fingerprint density at radius 1 is 1.11 bits per heavy atom. The van der Waals surface area contributed by atoms with Crippen LogP contribution >= 0.6 is 23.4 Å². The van der Waals surface area contributed by atoms with Gasteiger partial charge in [-0.1, -0.05) is 41.9 Å². The predicted molar refractivity (Wildman–Crippen MR) is 137 cm³/mol. The van der Waals surface area contributed by atoms with Crippen molar-refractivity contribution in [1.29, 1.82) is 0 Å². The molecule has 3 heterocycles. The molecule has 3 aliphatic heterocycles. The fourth-order valence-electron chi connectivity index (χ4n) is 6.20. The summed E-state index contributed by atoms with van der Waals surface area (Å²) < 4.78 is -1.22. The summed E-state index contributed by atoms with van der Waals surface area (Å²) in [5, 5.41) is 16.1. The lowest BCUT2D eigenvalue weighted by Gasteiger charge is -2.35. The van der Waals surface area contributed by atoms with Crippen LogP contribution in [0.1, 0.15) is 25.3 Å². The number of benzene rings is 2. The molecule has 35 heavy (non-hydrogen) atoms. The Labute approximate surface area is 213 Å². The van der Waals surface area contributed by atoms with E-state index in [2.05, 4.69) is 10.6 Å². The highest BCUT2D eigenvalue weighted by Gasteiger charge is 2.77. The Morgan fingerprint density at radius 2 is 1.86 bits per heavy atom. The van der Waals surface area contributed by atoms with Crippen LogP contribution in [0.2, 0.25) is 5.02 Å². The number of nitrogens with one attached hydrogen (secondary N) is 2. The maximum atomic E-state index is 13.8. The number of para-hydroxylation sites is 2. The summed E-state index contributed by atoms with van der Waals surface area (Å²) >= 11 is 7.95. The number of aliphatic hydroxyl groups excluding tert-OH is 1. The van der Waals surface area contributed by atoms with Crippen LogP contribution in [-0.2, 0) is 14.4 Å². The number of thioether (sulfide) groups is 1. The second-order valence-corrected chi connectivity index (χ2v) is 12.1. The number of likely N-dealkylation sites (tertiary alicyclic amines) is 1. The van der Waals surface area contributed by atoms with Crippen molar-refractivity contribution in [3.8, 4) is 0 Å². The molecular formula is C26H28ClN3O4S. The van der Waals surface area contributed by atoms with Crippen molar-refractivity contribution in [1.82, 2.24) is 4.90 Å². The predicted octanol–water partition coefficient (Wildman–Crippen LogP) is 3.70. The van der Waals surface area contributed by atoms with Gasteiger partial charge in [-0.25, -0.2) is 0 Å². The number of hydrogen-bond acceptors (Lipinski definition) is 5. The van der Waals surface area contributed by atoms with Crippen LogP contribution in [0.5, 0.6) is 0 Å². The standard InChI is InChI=1S/C26H28ClN3O4S/c1-15-7-6-10-17(27)20(15)29-23(33)21-26-12-11-25(2,35-26)18(19(26)24(34)30(21)13-14-31)22(32)28-16-8-4-3-5-9-16/h3-10,18-19,21,31H,11-14H2,1-2H3,(H,28,32)(H,29,33)/t18-,19+,21?,25+,26?/m1/s1. The second-order valence-electron chi connectivity index (χ2n) is 9.76. The van der Waals surface area contributed by atoms with Gasteiger partial charge in [-0.3, -0.25) is 14.4 Å². The maximum Gasteiger partial charge on any atom is 0.248 e. The van der Waals surface area contributed by atoms with Gasteiger partial charge in [0.1, 0.15) is 6.04 Å². The first-order chi connectivity index (χ1) is 16.7. The fraction of sp³-hybridized carbons (Fsp3) is 0.423. The van der Waals surface area contributed by atoms with E-state index in [0.29, 0.717) is 22.8 Å². The summed E-state index contributed by atoms with van der Waals surface area (Å²) in [5.74, 6) is -2.04. The van der Waals surface area contributed by atoms with E-state index in [1.165, 1.54) is 4.90 Å². The van der Waals surface area contributed by atoms with Gasteiger partial charge < -0.3 is 20.6 Å². The first-order valence-corrected chi connectivity index (χ1v) is 12.9. The molecule has 5 atom stereocenters. The Morgan fingerprint density at radius 3 is 2.54 bits per heavy atom. The number of nitrogens with zero attached hydrogens (tertiary/aromatic N) is 1. The van der Waals surface area contributed by atoms with Crippen LogP contribution in [0.4, 0.5) is 11.4 Å². The Bertz CT molecular complexity index is 1170. The Hall–Kier alpha value is -2.55. The van der Waals surface area contributed by atoms with Crippen LogP contribution in [0.3, 0.4) is 0 Å². The number of fused-ring (bicyclic) bond motifs is 1. The number of aryl methyl sites for hydroxylation is 1. The van der Waals surface area contributed by atoms with E-state index in [1.54, 1.807) is 17.8 Å². The Balaban J connectivity index is 1.51. The van der Waals surface area contributed by atoms with Crippen LogP contribution in [0.15, 0.2) is 48.5 Å². The molecule has 3 N–H and O–H groups in total. The minimum Gasteiger partial charge on any atom is -0.395 e. The number of hydrogen-bond donors (Lipinski definition) is 3. The average molecular weight is 514 g/mol. The van der Waals surface area contributed by atoms with Crippen molar-refractivity contribution >= 4 is 52.5 Å². The minimum atomic E-state index is -0.816. The fourth-order valence-corrected chi connectivity index (χ4v) is 8.82. The third-order valence-electron chi connectivity index (χ3n) is 7.66. The monoisotopic (exact) mass is 513 g/mol. The van der Waals surface area contributed by atoms with Crippen molar-refractivity contribution in [2.24, 2.45) is 11.8 Å². The van der Waals surface area contributed by atoms with Gasteiger partial charge in [0.2, 0.25) is 17.7 Å². The lowest BCUT2D eigenvalue weighted by atomic mass is 9.66. The van der Waals surface area contributed by atoms with E-state index >= 15 is 0 Å². The second kappa shape index (κ2) is 8.84. The number of carbonyl (C=O) groups excluding carboxylic acids is 3. The van der Waals surface area contributed by atoms with Crippen molar-refractivity contribution in [2.75, 3.05) is 23.8 Å². The van der Waals surface area contributed by atoms with E-state index in [0.717, 1.165) is 12.0 Å². The zero-order chi connectivity index (χ0) is 25.0. The molecule has 0 aromatic heterocycles. The van der Waals surface area contributed by atoms with E-state index in [1.807, 2.05) is 56.3 Å². The molecule has 2 aromatic carbocycles. The molecule has 3 aliphatic rings. The number of β-amino-alcohol motifs (C(OH)–C–C–N with tert-alkyl or cyclic N) is 1. The number of rotatable bonds is 6. The van der Waals surface area contributed by atoms with Gasteiger partial charge in [0.25, 0.3) is 0 Å². The van der Waals surface area contributed by atoms with Crippen LogP contribution in [-0.4, -0.2) is 56.4 Å². The van der Waals surface area contributed by atoms with E-state index < -0.39 is 27.4 Å². The van der Waals surface area contributed by atoms with Gasteiger partial charge in [0.15, 0.2) is 0 Å². The van der Waals surface area contributed by atoms with Gasteiger partial charge in [-0.15, -0.1) is 11.8 Å². The minimum absolute atomic E-state index is 0.0287. The third kappa shape index (κ3) is 3.74. The number of aliphatic hydroxyl groups is 1. The van der Waals surface area contributed by atoms with Crippen molar-refractivity contribution in [3.05, 3.63) is 59.1 Å². The average Bonchev–Trinajstić information content (AvgIpc) is 3.38. The zero-order valence-corrected chi connectivity index (χ0v) is 21.2. The van der Waals surface area contributed by atoms with Crippen molar-refractivity contribution in [3.63, 3.8) is 0 Å². The quantitative estimate of drug-likeness (QED) is 0.547. The molecule has 9 heteroatoms. The van der Waals surface area contributed by atoms with Crippen LogP contribution in [0, 0.1) is 18.8 Å². The zero-order valence-electron chi connectivity index (χ0n) is 19.6. The molecule has 3 amide bonds. The molecule has 2 unspecified atom stereocenters. The third-order valence-corrected chi connectivity index (χ3v) is 9.96. The lowest BCUT2D eigenvalue weighted by Crippen LogP contribution is -2.52. The largest absolute Gasteiger partial charge is 0.395 e. The SMILES string of the molecule is Cc1cccc(Cl)c1NC(=O)C1N(CCO)C(=O)[C@@H]2[C@H](C(=O)Nc3ccccc3)[C@]3(C)CCC12S3. The van der Waals surface area contributed by atoms with Crippen molar-refractivity contribution in [2.45, 2.75) is 42.2 Å². The number of anilines is 2. The molecule has 2 bridgehead atoms. The summed E-state index contributed by atoms with van der Waals surface area (Å²) in [7, 11) is 0. The summed E-state index contributed by atoms with van der Waals surface area (Å²) in [5.41, 5.74) is 2.00. The summed E-state index contributed by atoms with van der Waals surface area (Å²) in [6.45, 7) is 3.64. The Kier molecular flexibility index (Phi) is 6.10. The summed E-state index contributed by atoms with van der Waals surface area (Å²) in [6, 6.07) is 13.7. The smallest absolute Gasteiger partial charge is 0.248 e. The molecule has 2 aromatic rings.